The Kier molecular flexibility index (Phi) is 5.48. The minimum Gasteiger partial charge on any atom is -0.334 e. The van der Waals surface area contributed by atoms with Crippen LogP contribution in [-0.4, -0.2) is 68.5 Å². The maximum absolute atomic E-state index is 12.7. The maximum Gasteiger partial charge on any atom is 0.332 e. The summed E-state index contributed by atoms with van der Waals surface area (Å²) < 4.78 is 4.29. The van der Waals surface area contributed by atoms with Crippen LogP contribution >= 0.6 is 11.8 Å². The first-order valence-electron chi connectivity index (χ1n) is 9.12. The summed E-state index contributed by atoms with van der Waals surface area (Å²) >= 11 is 1.32. The van der Waals surface area contributed by atoms with Gasteiger partial charge in [-0.2, -0.15) is 0 Å². The number of hydrogen-bond acceptors (Lipinski definition) is 5. The summed E-state index contributed by atoms with van der Waals surface area (Å²) in [4.78, 5) is 45.3. The number of likely N-dealkylation sites (N-methyl/N-ethyl adjacent to an activating group) is 1. The molecule has 0 aromatic carbocycles. The number of aromatic nitrogens is 4. The Bertz CT molecular complexity index is 981. The second-order valence-electron chi connectivity index (χ2n) is 7.36. The second kappa shape index (κ2) is 7.51. The smallest absolute Gasteiger partial charge is 0.332 e. The van der Waals surface area contributed by atoms with Crippen LogP contribution in [0.25, 0.3) is 11.2 Å². The highest BCUT2D eigenvalue weighted by molar-refractivity contribution is 7.99. The molecule has 1 N–H and O–H groups in total. The summed E-state index contributed by atoms with van der Waals surface area (Å²) in [6, 6.07) is -0.0231. The number of piperazine rings is 1. The van der Waals surface area contributed by atoms with Gasteiger partial charge in [-0.15, -0.1) is 0 Å². The third-order valence-corrected chi connectivity index (χ3v) is 6.01. The summed E-state index contributed by atoms with van der Waals surface area (Å²) in [7, 11) is 5.20. The van der Waals surface area contributed by atoms with Crippen LogP contribution in [0.15, 0.2) is 14.7 Å². The molecule has 0 saturated carbocycles. The van der Waals surface area contributed by atoms with Gasteiger partial charge < -0.3 is 14.4 Å². The van der Waals surface area contributed by atoms with Crippen LogP contribution in [0.5, 0.6) is 0 Å². The Hall–Kier alpha value is -2.07. The van der Waals surface area contributed by atoms with Crippen molar-refractivity contribution in [2.24, 2.45) is 14.1 Å². The van der Waals surface area contributed by atoms with Gasteiger partial charge in [0.2, 0.25) is 5.91 Å². The van der Waals surface area contributed by atoms with Crippen molar-refractivity contribution in [2.45, 2.75) is 25.0 Å². The lowest BCUT2D eigenvalue weighted by Gasteiger charge is -2.30. The Labute approximate surface area is 161 Å². The molecule has 0 atom stereocenters. The SMILES string of the molecule is CC(C)n1c(SCC(=O)N2CC[NH+](C)CC2)nc2c1c(=O)n(C)c(=O)n2C. The van der Waals surface area contributed by atoms with Crippen molar-refractivity contribution in [3.8, 4) is 0 Å². The first kappa shape index (κ1) is 19.7. The van der Waals surface area contributed by atoms with Gasteiger partial charge in [0, 0.05) is 20.1 Å². The highest BCUT2D eigenvalue weighted by Crippen LogP contribution is 2.25. The normalized spacial score (nSPS) is 15.9. The monoisotopic (exact) mass is 395 g/mol. The quantitative estimate of drug-likeness (QED) is 0.635. The molecule has 2 aromatic rings. The van der Waals surface area contributed by atoms with Crippen molar-refractivity contribution < 1.29 is 9.69 Å². The van der Waals surface area contributed by atoms with E-state index in [-0.39, 0.29) is 23.3 Å². The maximum atomic E-state index is 12.7. The molecule has 2 aromatic heterocycles. The Balaban J connectivity index is 1.93. The van der Waals surface area contributed by atoms with E-state index in [2.05, 4.69) is 12.0 Å². The highest BCUT2D eigenvalue weighted by Gasteiger charge is 2.24. The molecule has 0 unspecified atom stereocenters. The largest absolute Gasteiger partial charge is 0.334 e. The standard InChI is InChI=1S/C17H26N6O3S/c1-11(2)23-13-14(20(4)17(26)21(5)15(13)25)18-16(23)27-10-12(24)22-8-6-19(3)7-9-22/h11H,6-10H2,1-5H3/p+1. The molecule has 148 valence electrons. The number of rotatable bonds is 4. The van der Waals surface area contributed by atoms with Crippen molar-refractivity contribution in [1.29, 1.82) is 0 Å². The number of thioether (sulfide) groups is 1. The third-order valence-electron chi connectivity index (χ3n) is 5.07. The van der Waals surface area contributed by atoms with Gasteiger partial charge in [-0.1, -0.05) is 11.8 Å². The molecule has 0 radical (unpaired) electrons. The Morgan fingerprint density at radius 1 is 1.19 bits per heavy atom. The summed E-state index contributed by atoms with van der Waals surface area (Å²) in [5, 5.41) is 0.589. The van der Waals surface area contributed by atoms with Crippen LogP contribution in [0.2, 0.25) is 0 Å². The molecule has 9 nitrogen and oxygen atoms in total. The Morgan fingerprint density at radius 2 is 1.81 bits per heavy atom. The number of fused-ring (bicyclic) bond motifs is 1. The lowest BCUT2D eigenvalue weighted by Crippen LogP contribution is -3.12. The number of carbonyl (C=O) groups is 1. The van der Waals surface area contributed by atoms with Crippen LogP contribution in [0.3, 0.4) is 0 Å². The van der Waals surface area contributed by atoms with E-state index in [9.17, 15) is 14.4 Å². The zero-order valence-corrected chi connectivity index (χ0v) is 17.3. The molecule has 1 aliphatic heterocycles. The van der Waals surface area contributed by atoms with Gasteiger partial charge in [0.1, 0.15) is 0 Å². The van der Waals surface area contributed by atoms with Crippen LogP contribution < -0.4 is 16.1 Å². The summed E-state index contributed by atoms with van der Waals surface area (Å²) in [5.74, 6) is 0.347. The molecule has 0 spiro atoms. The topological polar surface area (TPSA) is 86.6 Å². The van der Waals surface area contributed by atoms with Crippen LogP contribution in [0, 0.1) is 0 Å². The summed E-state index contributed by atoms with van der Waals surface area (Å²) in [6.07, 6.45) is 0. The molecule has 1 amide bonds. The molecule has 1 fully saturated rings. The minimum atomic E-state index is -0.409. The number of nitrogens with one attached hydrogen (secondary N) is 1. The van der Waals surface area contributed by atoms with E-state index in [1.165, 1.54) is 28.3 Å². The summed E-state index contributed by atoms with van der Waals surface area (Å²) in [6.45, 7) is 7.36. The molecular weight excluding hydrogens is 368 g/mol. The van der Waals surface area contributed by atoms with Crippen LogP contribution in [0.4, 0.5) is 0 Å². The van der Waals surface area contributed by atoms with E-state index in [1.54, 1.807) is 7.05 Å². The fraction of sp³-hybridized carbons (Fsp3) is 0.647. The fourth-order valence-corrected chi connectivity index (χ4v) is 4.36. The summed E-state index contributed by atoms with van der Waals surface area (Å²) in [5.41, 5.74) is -0.0225. The average Bonchev–Trinajstić information content (AvgIpc) is 3.03. The molecule has 0 aliphatic carbocycles. The lowest BCUT2D eigenvalue weighted by atomic mass is 10.3. The van der Waals surface area contributed by atoms with Gasteiger partial charge in [0.05, 0.1) is 39.0 Å². The number of carbonyl (C=O) groups excluding carboxylic acids is 1. The molecule has 3 rings (SSSR count). The predicted octanol–water partition coefficient (Wildman–Crippen LogP) is -1.54. The zero-order valence-electron chi connectivity index (χ0n) is 16.5. The molecule has 3 heterocycles. The van der Waals surface area contributed by atoms with Crippen molar-refractivity contribution in [3.05, 3.63) is 20.8 Å². The molecule has 1 saturated heterocycles. The number of hydrogen-bond donors (Lipinski definition) is 1. The zero-order chi connectivity index (χ0) is 19.9. The van der Waals surface area contributed by atoms with E-state index < -0.39 is 5.69 Å². The number of nitrogens with zero attached hydrogens (tertiary/aromatic N) is 5. The molecule has 0 bridgehead atoms. The van der Waals surface area contributed by atoms with Crippen molar-refractivity contribution >= 4 is 28.8 Å². The van der Waals surface area contributed by atoms with Gasteiger partial charge in [0.25, 0.3) is 5.56 Å². The van der Waals surface area contributed by atoms with E-state index in [0.29, 0.717) is 16.3 Å². The van der Waals surface area contributed by atoms with Gasteiger partial charge in [0.15, 0.2) is 16.3 Å². The lowest BCUT2D eigenvalue weighted by molar-refractivity contribution is -0.883. The first-order valence-corrected chi connectivity index (χ1v) is 10.1. The molecule has 27 heavy (non-hydrogen) atoms. The van der Waals surface area contributed by atoms with Gasteiger partial charge in [-0.25, -0.2) is 9.78 Å². The van der Waals surface area contributed by atoms with Crippen LogP contribution in [-0.2, 0) is 18.9 Å². The van der Waals surface area contributed by atoms with Crippen LogP contribution in [0.1, 0.15) is 19.9 Å². The van der Waals surface area contributed by atoms with E-state index in [1.807, 2.05) is 23.3 Å². The number of aryl methyl sites for hydroxylation is 1. The van der Waals surface area contributed by atoms with Gasteiger partial charge >= 0.3 is 5.69 Å². The number of amides is 1. The van der Waals surface area contributed by atoms with E-state index in [4.69, 9.17) is 0 Å². The molecule has 1 aliphatic rings. The van der Waals surface area contributed by atoms with Gasteiger partial charge in [-0.05, 0) is 13.8 Å². The fourth-order valence-electron chi connectivity index (χ4n) is 3.33. The second-order valence-corrected chi connectivity index (χ2v) is 8.31. The van der Waals surface area contributed by atoms with Gasteiger partial charge in [-0.3, -0.25) is 18.7 Å². The predicted molar refractivity (Wildman–Crippen MR) is 105 cm³/mol. The third kappa shape index (κ3) is 3.55. The minimum absolute atomic E-state index is 0.0231. The average molecular weight is 396 g/mol. The highest BCUT2D eigenvalue weighted by atomic mass is 32.2. The van der Waals surface area contributed by atoms with Crippen molar-refractivity contribution in [2.75, 3.05) is 39.0 Å². The number of quaternary nitrogens is 1. The number of imidazole rings is 1. The van der Waals surface area contributed by atoms with E-state index in [0.717, 1.165) is 30.7 Å². The first-order chi connectivity index (χ1) is 12.7. The molecular formula is C17H27N6O3S+. The van der Waals surface area contributed by atoms with Crippen molar-refractivity contribution in [1.82, 2.24) is 23.6 Å². The molecule has 10 heteroatoms. The Morgan fingerprint density at radius 3 is 2.41 bits per heavy atom. The van der Waals surface area contributed by atoms with E-state index >= 15 is 0 Å². The van der Waals surface area contributed by atoms with Crippen molar-refractivity contribution in [3.63, 3.8) is 0 Å².